The van der Waals surface area contributed by atoms with Gasteiger partial charge in [0.25, 0.3) is 0 Å². The zero-order valence-corrected chi connectivity index (χ0v) is 12.2. The Labute approximate surface area is 118 Å². The highest BCUT2D eigenvalue weighted by Gasteiger charge is 2.32. The number of hydrogen-bond acceptors (Lipinski definition) is 0. The second-order valence-corrected chi connectivity index (χ2v) is 6.86. The lowest BCUT2D eigenvalue weighted by molar-refractivity contribution is 0.261. The monoisotopic (exact) mass is 256 g/mol. The predicted octanol–water partition coefficient (Wildman–Crippen LogP) is 5.62. The third-order valence-electron chi connectivity index (χ3n) is 5.30. The zero-order chi connectivity index (χ0) is 12.9. The van der Waals surface area contributed by atoms with Crippen LogP contribution in [0.25, 0.3) is 0 Å². The number of aryl methyl sites for hydroxylation is 1. The molecule has 0 aliphatic heterocycles. The van der Waals surface area contributed by atoms with Crippen LogP contribution >= 0.6 is 0 Å². The fourth-order valence-corrected chi connectivity index (χ4v) is 3.96. The molecule has 3 rings (SSSR count). The van der Waals surface area contributed by atoms with E-state index in [0.717, 1.165) is 17.8 Å². The maximum Gasteiger partial charge on any atom is -0.0276 e. The largest absolute Gasteiger partial charge is 0.0622 e. The Kier molecular flexibility index (Phi) is 4.58. The molecular weight excluding hydrogens is 228 g/mol. The van der Waals surface area contributed by atoms with Crippen LogP contribution in [-0.4, -0.2) is 0 Å². The summed E-state index contributed by atoms with van der Waals surface area (Å²) in [6, 6.07) is 11.1. The molecule has 1 aromatic rings. The molecule has 0 amide bonds. The van der Waals surface area contributed by atoms with Crippen LogP contribution in [0.2, 0.25) is 0 Å². The predicted molar refractivity (Wildman–Crippen MR) is 82.2 cm³/mol. The summed E-state index contributed by atoms with van der Waals surface area (Å²) in [6.07, 6.45) is 14.9. The van der Waals surface area contributed by atoms with Gasteiger partial charge in [0.15, 0.2) is 0 Å². The van der Waals surface area contributed by atoms with E-state index in [1.165, 1.54) is 69.8 Å². The first kappa shape index (κ1) is 13.2. The van der Waals surface area contributed by atoms with Gasteiger partial charge in [-0.05, 0) is 55.4 Å². The SMILES string of the molecule is c1ccc(CCC(CC2CCCCC2)C2CC2)cc1. The molecule has 0 nitrogen and oxygen atoms in total. The van der Waals surface area contributed by atoms with Crippen LogP contribution in [0.15, 0.2) is 30.3 Å². The van der Waals surface area contributed by atoms with E-state index in [9.17, 15) is 0 Å². The van der Waals surface area contributed by atoms with Crippen molar-refractivity contribution in [2.45, 2.75) is 64.2 Å². The van der Waals surface area contributed by atoms with Crippen molar-refractivity contribution in [2.24, 2.45) is 17.8 Å². The van der Waals surface area contributed by atoms with E-state index in [1.54, 1.807) is 0 Å². The van der Waals surface area contributed by atoms with Gasteiger partial charge in [-0.15, -0.1) is 0 Å². The molecule has 1 unspecified atom stereocenters. The average Bonchev–Trinajstić information content (AvgIpc) is 3.30. The highest BCUT2D eigenvalue weighted by Crippen LogP contribution is 2.44. The van der Waals surface area contributed by atoms with Gasteiger partial charge < -0.3 is 0 Å². The molecule has 0 spiro atoms. The third kappa shape index (κ3) is 4.09. The van der Waals surface area contributed by atoms with Crippen molar-refractivity contribution in [2.75, 3.05) is 0 Å². The van der Waals surface area contributed by atoms with Crippen LogP contribution in [0.1, 0.15) is 63.4 Å². The van der Waals surface area contributed by atoms with E-state index in [0.29, 0.717) is 0 Å². The van der Waals surface area contributed by atoms with E-state index >= 15 is 0 Å². The topological polar surface area (TPSA) is 0 Å². The molecule has 0 N–H and O–H groups in total. The van der Waals surface area contributed by atoms with Crippen LogP contribution in [-0.2, 0) is 6.42 Å². The van der Waals surface area contributed by atoms with Gasteiger partial charge in [-0.3, -0.25) is 0 Å². The van der Waals surface area contributed by atoms with E-state index in [2.05, 4.69) is 30.3 Å². The maximum atomic E-state index is 2.30. The fourth-order valence-electron chi connectivity index (χ4n) is 3.96. The summed E-state index contributed by atoms with van der Waals surface area (Å²) in [6.45, 7) is 0. The lowest BCUT2D eigenvalue weighted by atomic mass is 9.79. The molecule has 0 heteroatoms. The van der Waals surface area contributed by atoms with E-state index in [4.69, 9.17) is 0 Å². The van der Waals surface area contributed by atoms with Crippen LogP contribution < -0.4 is 0 Å². The lowest BCUT2D eigenvalue weighted by Gasteiger charge is -2.26. The Morgan fingerprint density at radius 2 is 1.63 bits per heavy atom. The van der Waals surface area contributed by atoms with Crippen LogP contribution in [0.4, 0.5) is 0 Å². The van der Waals surface area contributed by atoms with E-state index < -0.39 is 0 Å². The molecule has 104 valence electrons. The molecular formula is C19H28. The smallest absolute Gasteiger partial charge is 0.0276 e. The summed E-state index contributed by atoms with van der Waals surface area (Å²) in [5.41, 5.74) is 1.54. The van der Waals surface area contributed by atoms with Gasteiger partial charge in [0, 0.05) is 0 Å². The van der Waals surface area contributed by atoms with Crippen molar-refractivity contribution in [3.63, 3.8) is 0 Å². The molecule has 2 fully saturated rings. The van der Waals surface area contributed by atoms with Crippen molar-refractivity contribution in [1.82, 2.24) is 0 Å². The van der Waals surface area contributed by atoms with E-state index in [-0.39, 0.29) is 0 Å². The summed E-state index contributed by atoms with van der Waals surface area (Å²) in [5.74, 6) is 3.18. The molecule has 2 saturated carbocycles. The second kappa shape index (κ2) is 6.59. The van der Waals surface area contributed by atoms with Crippen molar-refractivity contribution >= 4 is 0 Å². The average molecular weight is 256 g/mol. The number of benzene rings is 1. The van der Waals surface area contributed by atoms with Crippen LogP contribution in [0, 0.1) is 17.8 Å². The highest BCUT2D eigenvalue weighted by molar-refractivity contribution is 5.14. The first-order chi connectivity index (χ1) is 9.42. The summed E-state index contributed by atoms with van der Waals surface area (Å²) in [7, 11) is 0. The van der Waals surface area contributed by atoms with Gasteiger partial charge in [0.1, 0.15) is 0 Å². The Balaban J connectivity index is 1.49. The molecule has 0 aromatic heterocycles. The van der Waals surface area contributed by atoms with Crippen LogP contribution in [0.3, 0.4) is 0 Å². The highest BCUT2D eigenvalue weighted by atomic mass is 14.4. The Morgan fingerprint density at radius 1 is 0.895 bits per heavy atom. The summed E-state index contributed by atoms with van der Waals surface area (Å²) in [5, 5.41) is 0. The zero-order valence-electron chi connectivity index (χ0n) is 12.2. The number of hydrogen-bond donors (Lipinski definition) is 0. The lowest BCUT2D eigenvalue weighted by Crippen LogP contribution is -2.14. The minimum atomic E-state index is 1.03. The van der Waals surface area contributed by atoms with Gasteiger partial charge >= 0.3 is 0 Å². The van der Waals surface area contributed by atoms with Crippen molar-refractivity contribution in [1.29, 1.82) is 0 Å². The fraction of sp³-hybridized carbons (Fsp3) is 0.684. The first-order valence-corrected chi connectivity index (χ1v) is 8.46. The van der Waals surface area contributed by atoms with Crippen LogP contribution in [0.5, 0.6) is 0 Å². The van der Waals surface area contributed by atoms with Gasteiger partial charge in [0.2, 0.25) is 0 Å². The molecule has 0 saturated heterocycles. The third-order valence-corrected chi connectivity index (χ3v) is 5.30. The standard InChI is InChI=1S/C19H28/c1-3-7-16(8-4-1)11-12-19(18-13-14-18)15-17-9-5-2-6-10-17/h1,3-4,7-8,17-19H,2,5-6,9-15H2. The van der Waals surface area contributed by atoms with Crippen molar-refractivity contribution < 1.29 is 0 Å². The summed E-state index contributed by atoms with van der Waals surface area (Å²) >= 11 is 0. The number of rotatable bonds is 6. The van der Waals surface area contributed by atoms with Gasteiger partial charge in [0.05, 0.1) is 0 Å². The second-order valence-electron chi connectivity index (χ2n) is 6.86. The molecule has 2 aliphatic rings. The molecule has 2 aliphatic carbocycles. The molecule has 0 heterocycles. The van der Waals surface area contributed by atoms with Gasteiger partial charge in [-0.25, -0.2) is 0 Å². The van der Waals surface area contributed by atoms with Crippen molar-refractivity contribution in [3.05, 3.63) is 35.9 Å². The molecule has 1 atom stereocenters. The summed E-state index contributed by atoms with van der Waals surface area (Å²) < 4.78 is 0. The minimum Gasteiger partial charge on any atom is -0.0622 e. The maximum absolute atomic E-state index is 2.30. The Bertz CT molecular complexity index is 357. The van der Waals surface area contributed by atoms with Gasteiger partial charge in [-0.1, -0.05) is 62.4 Å². The quantitative estimate of drug-likeness (QED) is 0.620. The minimum absolute atomic E-state index is 1.03. The first-order valence-electron chi connectivity index (χ1n) is 8.46. The summed E-state index contributed by atoms with van der Waals surface area (Å²) in [4.78, 5) is 0. The molecule has 0 radical (unpaired) electrons. The van der Waals surface area contributed by atoms with Gasteiger partial charge in [-0.2, -0.15) is 0 Å². The Hall–Kier alpha value is -0.780. The Morgan fingerprint density at radius 3 is 2.32 bits per heavy atom. The molecule has 0 bridgehead atoms. The van der Waals surface area contributed by atoms with Crippen molar-refractivity contribution in [3.8, 4) is 0 Å². The normalized spacial score (nSPS) is 22.3. The molecule has 19 heavy (non-hydrogen) atoms. The molecule has 1 aromatic carbocycles. The van der Waals surface area contributed by atoms with E-state index in [1.807, 2.05) is 0 Å².